The first-order chi connectivity index (χ1) is 9.11. The molecule has 6 nitrogen and oxygen atoms in total. The molecule has 3 N–H and O–H groups in total. The zero-order chi connectivity index (χ0) is 14.1. The first kappa shape index (κ1) is 15.8. The molecule has 0 aromatic heterocycles. The van der Waals surface area contributed by atoms with Crippen molar-refractivity contribution in [2.75, 3.05) is 19.8 Å². The van der Waals surface area contributed by atoms with Crippen molar-refractivity contribution in [3.05, 3.63) is 0 Å². The second kappa shape index (κ2) is 8.74. The second-order valence-corrected chi connectivity index (χ2v) is 4.97. The Kier molecular flexibility index (Phi) is 7.25. The van der Waals surface area contributed by atoms with Crippen LogP contribution in [-0.2, 0) is 9.53 Å². The quantitative estimate of drug-likeness (QED) is 0.611. The van der Waals surface area contributed by atoms with Crippen LogP contribution in [0.5, 0.6) is 0 Å². The number of carbonyl (C=O) groups excluding carboxylic acids is 1. The fourth-order valence-corrected chi connectivity index (χ4v) is 2.35. The van der Waals surface area contributed by atoms with Gasteiger partial charge in [-0.25, -0.2) is 9.59 Å². The van der Waals surface area contributed by atoms with Gasteiger partial charge in [0.25, 0.3) is 0 Å². The van der Waals surface area contributed by atoms with E-state index in [1.165, 1.54) is 19.3 Å². The lowest BCUT2D eigenvalue weighted by Crippen LogP contribution is -2.44. The van der Waals surface area contributed by atoms with Crippen LogP contribution in [0.15, 0.2) is 0 Å². The monoisotopic (exact) mass is 272 g/mol. The van der Waals surface area contributed by atoms with Gasteiger partial charge in [-0.1, -0.05) is 13.3 Å². The molecule has 2 amide bonds. The lowest BCUT2D eigenvalue weighted by Gasteiger charge is -2.28. The van der Waals surface area contributed by atoms with Gasteiger partial charge < -0.3 is 20.5 Å². The smallest absolute Gasteiger partial charge is 0.329 e. The first-order valence-corrected chi connectivity index (χ1v) is 6.95. The van der Waals surface area contributed by atoms with E-state index in [1.807, 2.05) is 0 Å². The minimum absolute atomic E-state index is 0.195. The third-order valence-corrected chi connectivity index (χ3v) is 3.52. The molecule has 0 aromatic carbocycles. The SMILES string of the molecule is CCC1CCC(NC(=O)NCCOCC(=O)O)CC1. The molecular weight excluding hydrogens is 248 g/mol. The van der Waals surface area contributed by atoms with Gasteiger partial charge in [-0.2, -0.15) is 0 Å². The summed E-state index contributed by atoms with van der Waals surface area (Å²) in [6.45, 7) is 2.41. The minimum Gasteiger partial charge on any atom is -0.480 e. The molecule has 0 spiro atoms. The highest BCUT2D eigenvalue weighted by atomic mass is 16.5. The molecule has 1 saturated carbocycles. The molecule has 0 bridgehead atoms. The summed E-state index contributed by atoms with van der Waals surface area (Å²) in [5, 5.41) is 14.0. The highest BCUT2D eigenvalue weighted by molar-refractivity contribution is 5.74. The number of carbonyl (C=O) groups is 2. The Morgan fingerprint density at radius 1 is 1.26 bits per heavy atom. The van der Waals surface area contributed by atoms with E-state index < -0.39 is 5.97 Å². The Bertz CT molecular complexity index is 288. The molecule has 19 heavy (non-hydrogen) atoms. The summed E-state index contributed by atoms with van der Waals surface area (Å²) < 4.78 is 4.82. The molecule has 0 heterocycles. The third kappa shape index (κ3) is 7.00. The molecular formula is C13H24N2O4. The number of amides is 2. The number of nitrogens with one attached hydrogen (secondary N) is 2. The number of ether oxygens (including phenoxy) is 1. The molecule has 0 saturated heterocycles. The van der Waals surface area contributed by atoms with Gasteiger partial charge >= 0.3 is 12.0 Å². The number of hydrogen-bond donors (Lipinski definition) is 3. The maximum atomic E-state index is 11.6. The fraction of sp³-hybridized carbons (Fsp3) is 0.846. The van der Waals surface area contributed by atoms with Gasteiger partial charge in [0.1, 0.15) is 6.61 Å². The molecule has 110 valence electrons. The van der Waals surface area contributed by atoms with Crippen molar-refractivity contribution in [1.29, 1.82) is 0 Å². The number of urea groups is 1. The largest absolute Gasteiger partial charge is 0.480 e. The van der Waals surface area contributed by atoms with Crippen LogP contribution in [0.3, 0.4) is 0 Å². The average molecular weight is 272 g/mol. The molecule has 0 unspecified atom stereocenters. The van der Waals surface area contributed by atoms with E-state index in [-0.39, 0.29) is 25.3 Å². The van der Waals surface area contributed by atoms with E-state index in [4.69, 9.17) is 9.84 Å². The Balaban J connectivity index is 2.03. The second-order valence-electron chi connectivity index (χ2n) is 4.97. The van der Waals surface area contributed by atoms with Crippen molar-refractivity contribution in [2.24, 2.45) is 5.92 Å². The average Bonchev–Trinajstić information content (AvgIpc) is 2.39. The summed E-state index contributed by atoms with van der Waals surface area (Å²) in [6.07, 6.45) is 5.68. The van der Waals surface area contributed by atoms with Crippen molar-refractivity contribution in [3.8, 4) is 0 Å². The molecule has 1 rings (SSSR count). The zero-order valence-corrected chi connectivity index (χ0v) is 11.5. The Morgan fingerprint density at radius 3 is 2.53 bits per heavy atom. The van der Waals surface area contributed by atoms with Gasteiger partial charge in [-0.05, 0) is 31.6 Å². The van der Waals surface area contributed by atoms with E-state index in [2.05, 4.69) is 17.6 Å². The van der Waals surface area contributed by atoms with Crippen molar-refractivity contribution < 1.29 is 19.4 Å². The van der Waals surface area contributed by atoms with Gasteiger partial charge in [0.05, 0.1) is 6.61 Å². The maximum Gasteiger partial charge on any atom is 0.329 e. The van der Waals surface area contributed by atoms with Crippen molar-refractivity contribution in [2.45, 2.75) is 45.1 Å². The van der Waals surface area contributed by atoms with E-state index in [9.17, 15) is 9.59 Å². The van der Waals surface area contributed by atoms with Gasteiger partial charge in [0.2, 0.25) is 0 Å². The predicted molar refractivity (Wildman–Crippen MR) is 71.0 cm³/mol. The van der Waals surface area contributed by atoms with Crippen LogP contribution in [0.2, 0.25) is 0 Å². The summed E-state index contributed by atoms with van der Waals surface area (Å²) in [5.41, 5.74) is 0. The topological polar surface area (TPSA) is 87.7 Å². The zero-order valence-electron chi connectivity index (χ0n) is 11.5. The fourth-order valence-electron chi connectivity index (χ4n) is 2.35. The van der Waals surface area contributed by atoms with Crippen LogP contribution >= 0.6 is 0 Å². The van der Waals surface area contributed by atoms with Gasteiger partial charge in [-0.3, -0.25) is 0 Å². The highest BCUT2D eigenvalue weighted by Gasteiger charge is 2.20. The van der Waals surface area contributed by atoms with Crippen molar-refractivity contribution in [1.82, 2.24) is 10.6 Å². The molecule has 1 aliphatic rings. The van der Waals surface area contributed by atoms with Crippen LogP contribution in [0.1, 0.15) is 39.0 Å². The summed E-state index contributed by atoms with van der Waals surface area (Å²) in [5.74, 6) is -0.192. The Labute approximate surface area is 113 Å². The van der Waals surface area contributed by atoms with Gasteiger partial charge in [-0.15, -0.1) is 0 Å². The van der Waals surface area contributed by atoms with Crippen LogP contribution in [0.4, 0.5) is 4.79 Å². The Hall–Kier alpha value is -1.30. The van der Waals surface area contributed by atoms with Crippen LogP contribution in [0.25, 0.3) is 0 Å². The first-order valence-electron chi connectivity index (χ1n) is 6.95. The van der Waals surface area contributed by atoms with Gasteiger partial charge in [0, 0.05) is 12.6 Å². The number of carboxylic acids is 1. The number of aliphatic carboxylic acids is 1. The molecule has 1 aliphatic carbocycles. The summed E-state index contributed by atoms with van der Waals surface area (Å²) in [4.78, 5) is 21.8. The predicted octanol–water partition coefficient (Wildman–Crippen LogP) is 1.36. The third-order valence-electron chi connectivity index (χ3n) is 3.52. The summed E-state index contributed by atoms with van der Waals surface area (Å²) >= 11 is 0. The van der Waals surface area contributed by atoms with E-state index in [1.54, 1.807) is 0 Å². The molecule has 0 radical (unpaired) electrons. The number of rotatable bonds is 7. The van der Waals surface area contributed by atoms with Crippen LogP contribution < -0.4 is 10.6 Å². The lowest BCUT2D eigenvalue weighted by atomic mass is 9.85. The number of carboxylic acid groups (broad SMARTS) is 1. The highest BCUT2D eigenvalue weighted by Crippen LogP contribution is 2.26. The van der Waals surface area contributed by atoms with E-state index >= 15 is 0 Å². The van der Waals surface area contributed by atoms with E-state index in [0.29, 0.717) is 6.54 Å². The van der Waals surface area contributed by atoms with Crippen molar-refractivity contribution >= 4 is 12.0 Å². The molecule has 0 aliphatic heterocycles. The minimum atomic E-state index is -1.00. The molecule has 0 atom stereocenters. The van der Waals surface area contributed by atoms with Crippen LogP contribution in [0, 0.1) is 5.92 Å². The molecule has 1 fully saturated rings. The number of hydrogen-bond acceptors (Lipinski definition) is 3. The maximum absolute atomic E-state index is 11.6. The van der Waals surface area contributed by atoms with E-state index in [0.717, 1.165) is 18.8 Å². The summed E-state index contributed by atoms with van der Waals surface area (Å²) in [7, 11) is 0. The lowest BCUT2D eigenvalue weighted by molar-refractivity contribution is -0.142. The van der Waals surface area contributed by atoms with Crippen LogP contribution in [-0.4, -0.2) is 42.9 Å². The summed E-state index contributed by atoms with van der Waals surface area (Å²) in [6, 6.07) is 0.0709. The molecule has 0 aromatic rings. The van der Waals surface area contributed by atoms with Crippen molar-refractivity contribution in [3.63, 3.8) is 0 Å². The Morgan fingerprint density at radius 2 is 1.95 bits per heavy atom. The molecule has 6 heteroatoms. The van der Waals surface area contributed by atoms with Gasteiger partial charge in [0.15, 0.2) is 0 Å². The standard InChI is InChI=1S/C13H24N2O4/c1-2-10-3-5-11(6-4-10)15-13(18)14-7-8-19-9-12(16)17/h10-11H,2-9H2,1H3,(H,16,17)(H2,14,15,18). The normalized spacial score (nSPS) is 22.8.